The standard InChI is InChI=1S/C29H30FN3O8S2/c1-32-29(34)41-28-24-16-23(18-4-5-18)25(33(42(2,35)36)14-3-15-43(31,37)38)17-26(24)40-27(28)19-6-10-21(11-7-19)39-22-12-8-20(30)9-13-22/h6-13,16-18H,3-5,14-15H2,1-2H3,(H,32,34)(H2,31,37,38). The molecule has 1 saturated carbocycles. The third-order valence-corrected chi connectivity index (χ3v) is 8.87. The normalized spacial score (nSPS) is 13.6. The van der Waals surface area contributed by atoms with Crippen molar-refractivity contribution >= 4 is 42.8 Å². The van der Waals surface area contributed by atoms with Crippen molar-refractivity contribution in [3.8, 4) is 28.6 Å². The highest BCUT2D eigenvalue weighted by Gasteiger charge is 2.33. The van der Waals surface area contributed by atoms with Crippen LogP contribution < -0.4 is 24.2 Å². The number of nitrogens with two attached hydrogens (primary N) is 1. The molecule has 0 atom stereocenters. The number of ether oxygens (including phenoxy) is 2. The zero-order valence-electron chi connectivity index (χ0n) is 23.4. The fourth-order valence-electron chi connectivity index (χ4n) is 4.69. The molecule has 43 heavy (non-hydrogen) atoms. The highest BCUT2D eigenvalue weighted by Crippen LogP contribution is 2.49. The summed E-state index contributed by atoms with van der Waals surface area (Å²) in [6, 6.07) is 15.7. The van der Waals surface area contributed by atoms with Crippen molar-refractivity contribution in [3.63, 3.8) is 0 Å². The van der Waals surface area contributed by atoms with Crippen LogP contribution in [0.3, 0.4) is 0 Å². The van der Waals surface area contributed by atoms with Crippen LogP contribution in [0.2, 0.25) is 0 Å². The largest absolute Gasteiger partial charge is 0.457 e. The molecule has 3 aromatic carbocycles. The molecule has 1 amide bonds. The van der Waals surface area contributed by atoms with E-state index in [1.165, 1.54) is 31.3 Å². The van der Waals surface area contributed by atoms with E-state index >= 15 is 0 Å². The average Bonchev–Trinajstić information content (AvgIpc) is 3.73. The molecule has 1 aromatic heterocycles. The lowest BCUT2D eigenvalue weighted by Crippen LogP contribution is -2.33. The van der Waals surface area contributed by atoms with Crippen molar-refractivity contribution in [2.75, 3.05) is 29.9 Å². The quantitative estimate of drug-likeness (QED) is 0.232. The fourth-order valence-corrected chi connectivity index (χ4v) is 6.19. The average molecular weight is 632 g/mol. The number of nitrogens with one attached hydrogen (secondary N) is 1. The molecule has 1 heterocycles. The Bertz CT molecular complexity index is 1870. The van der Waals surface area contributed by atoms with E-state index in [2.05, 4.69) is 5.32 Å². The molecule has 3 N–H and O–H groups in total. The number of carbonyl (C=O) groups excluding carboxylic acids is 1. The number of rotatable bonds is 11. The van der Waals surface area contributed by atoms with Crippen LogP contribution in [0.25, 0.3) is 22.3 Å². The summed E-state index contributed by atoms with van der Waals surface area (Å²) in [5.74, 6) is 0.600. The van der Waals surface area contributed by atoms with Gasteiger partial charge in [-0.05, 0) is 85.3 Å². The fraction of sp³-hybridized carbons (Fsp3) is 0.276. The summed E-state index contributed by atoms with van der Waals surface area (Å²) in [6.07, 6.45) is 1.99. The molecule has 0 unspecified atom stereocenters. The van der Waals surface area contributed by atoms with Crippen molar-refractivity contribution < 1.29 is 39.9 Å². The van der Waals surface area contributed by atoms with E-state index in [4.69, 9.17) is 19.0 Å². The number of furan rings is 1. The first kappa shape index (κ1) is 30.3. The van der Waals surface area contributed by atoms with Gasteiger partial charge in [-0.1, -0.05) is 0 Å². The van der Waals surface area contributed by atoms with E-state index < -0.39 is 26.1 Å². The zero-order chi connectivity index (χ0) is 30.9. The van der Waals surface area contributed by atoms with Crippen molar-refractivity contribution in [3.05, 3.63) is 72.0 Å². The van der Waals surface area contributed by atoms with Crippen molar-refractivity contribution in [1.82, 2.24) is 5.32 Å². The number of primary sulfonamides is 1. The van der Waals surface area contributed by atoms with Crippen LogP contribution in [0, 0.1) is 5.82 Å². The summed E-state index contributed by atoms with van der Waals surface area (Å²) in [5.41, 5.74) is 1.89. The third-order valence-electron chi connectivity index (χ3n) is 6.83. The minimum Gasteiger partial charge on any atom is -0.457 e. The number of nitrogens with zero attached hydrogens (tertiary/aromatic N) is 1. The molecule has 4 aromatic rings. The van der Waals surface area contributed by atoms with E-state index in [1.54, 1.807) is 36.4 Å². The zero-order valence-corrected chi connectivity index (χ0v) is 25.0. The lowest BCUT2D eigenvalue weighted by Gasteiger charge is -2.25. The van der Waals surface area contributed by atoms with Gasteiger partial charge in [0.25, 0.3) is 0 Å². The van der Waals surface area contributed by atoms with Gasteiger partial charge in [-0.3, -0.25) is 4.31 Å². The molecule has 14 heteroatoms. The summed E-state index contributed by atoms with van der Waals surface area (Å²) in [7, 11) is -6.18. The Labute approximate surface area is 248 Å². The van der Waals surface area contributed by atoms with Gasteiger partial charge >= 0.3 is 6.09 Å². The molecule has 11 nitrogen and oxygen atoms in total. The lowest BCUT2D eigenvalue weighted by molar-refractivity contribution is 0.203. The van der Waals surface area contributed by atoms with Crippen LogP contribution >= 0.6 is 0 Å². The molecule has 0 aliphatic heterocycles. The predicted molar refractivity (Wildman–Crippen MR) is 160 cm³/mol. The Morgan fingerprint density at radius 1 is 1.05 bits per heavy atom. The van der Waals surface area contributed by atoms with E-state index in [0.717, 1.165) is 23.4 Å². The van der Waals surface area contributed by atoms with E-state index in [-0.39, 0.29) is 47.5 Å². The maximum Gasteiger partial charge on any atom is 0.412 e. The topological polar surface area (TPSA) is 158 Å². The van der Waals surface area contributed by atoms with Crippen molar-refractivity contribution in [2.45, 2.75) is 25.2 Å². The first-order chi connectivity index (χ1) is 20.3. The summed E-state index contributed by atoms with van der Waals surface area (Å²) >= 11 is 0. The lowest BCUT2D eigenvalue weighted by atomic mass is 10.0. The summed E-state index contributed by atoms with van der Waals surface area (Å²) in [5, 5.41) is 8.02. The van der Waals surface area contributed by atoms with Crippen LogP contribution in [0.5, 0.6) is 17.2 Å². The Kier molecular flexibility index (Phi) is 8.36. The molecule has 5 rings (SSSR count). The van der Waals surface area contributed by atoms with E-state index in [1.807, 2.05) is 0 Å². The predicted octanol–water partition coefficient (Wildman–Crippen LogP) is 5.07. The van der Waals surface area contributed by atoms with Gasteiger partial charge in [0.2, 0.25) is 20.0 Å². The molecule has 1 aliphatic rings. The van der Waals surface area contributed by atoms with Gasteiger partial charge in [0.1, 0.15) is 22.9 Å². The third kappa shape index (κ3) is 7.27. The van der Waals surface area contributed by atoms with E-state index in [9.17, 15) is 26.0 Å². The highest BCUT2D eigenvalue weighted by molar-refractivity contribution is 7.92. The monoisotopic (exact) mass is 631 g/mol. The second-order valence-corrected chi connectivity index (χ2v) is 13.9. The second-order valence-electron chi connectivity index (χ2n) is 10.2. The molecule has 228 valence electrons. The van der Waals surface area contributed by atoms with Gasteiger partial charge in [-0.15, -0.1) is 0 Å². The summed E-state index contributed by atoms with van der Waals surface area (Å²) in [4.78, 5) is 12.4. The van der Waals surface area contributed by atoms with Crippen LogP contribution in [-0.2, 0) is 20.0 Å². The van der Waals surface area contributed by atoms with Crippen LogP contribution in [-0.4, -0.2) is 48.5 Å². The Hall–Kier alpha value is -4.14. The second kappa shape index (κ2) is 11.9. The smallest absolute Gasteiger partial charge is 0.412 e. The number of fused-ring (bicyclic) bond motifs is 1. The molecule has 0 spiro atoms. The summed E-state index contributed by atoms with van der Waals surface area (Å²) in [6.45, 7) is -0.106. The molecule has 0 saturated heterocycles. The molecule has 0 radical (unpaired) electrons. The van der Waals surface area contributed by atoms with Crippen LogP contribution in [0.15, 0.2) is 65.1 Å². The van der Waals surface area contributed by atoms with Gasteiger partial charge < -0.3 is 19.2 Å². The SMILES string of the molecule is CNC(=O)Oc1c(-c2ccc(Oc3ccc(F)cc3)cc2)oc2cc(N(CCCS(N)(=O)=O)S(C)(=O)=O)c(C3CC3)cc12. The molecular formula is C29H30FN3O8S2. The first-order valence-corrected chi connectivity index (χ1v) is 16.9. The Morgan fingerprint density at radius 2 is 1.67 bits per heavy atom. The number of carbonyl (C=O) groups is 1. The van der Waals surface area contributed by atoms with Gasteiger partial charge in [-0.25, -0.2) is 31.2 Å². The summed E-state index contributed by atoms with van der Waals surface area (Å²) < 4.78 is 80.8. The Balaban J connectivity index is 1.57. The molecule has 1 fully saturated rings. The number of hydrogen-bond acceptors (Lipinski definition) is 8. The first-order valence-electron chi connectivity index (χ1n) is 13.3. The number of benzene rings is 3. The van der Waals surface area contributed by atoms with Crippen molar-refractivity contribution in [1.29, 1.82) is 0 Å². The van der Waals surface area contributed by atoms with Crippen LogP contribution in [0.1, 0.15) is 30.7 Å². The number of anilines is 1. The van der Waals surface area contributed by atoms with Gasteiger partial charge in [-0.2, -0.15) is 0 Å². The molecule has 1 aliphatic carbocycles. The molecule has 0 bridgehead atoms. The van der Waals surface area contributed by atoms with Crippen molar-refractivity contribution in [2.24, 2.45) is 5.14 Å². The van der Waals surface area contributed by atoms with Gasteiger partial charge in [0, 0.05) is 25.2 Å². The van der Waals surface area contributed by atoms with Gasteiger partial charge in [0.15, 0.2) is 11.5 Å². The highest BCUT2D eigenvalue weighted by atomic mass is 32.2. The maximum absolute atomic E-state index is 13.2. The van der Waals surface area contributed by atoms with Crippen LogP contribution in [0.4, 0.5) is 14.9 Å². The number of hydrogen-bond donors (Lipinski definition) is 2. The number of sulfonamides is 2. The van der Waals surface area contributed by atoms with E-state index in [0.29, 0.717) is 33.7 Å². The number of amides is 1. The maximum atomic E-state index is 13.2. The minimum absolute atomic E-state index is 0.00513. The number of halogens is 1. The Morgan fingerprint density at radius 3 is 2.23 bits per heavy atom. The minimum atomic E-state index is -3.82. The molecular weight excluding hydrogens is 601 g/mol. The van der Waals surface area contributed by atoms with Gasteiger partial charge in [0.05, 0.1) is 23.1 Å².